The summed E-state index contributed by atoms with van der Waals surface area (Å²) in [6, 6.07) is 76.8. The minimum absolute atomic E-state index is 0.214. The standard InChI is InChI=1S/C61H41NO2/c1-61(2)54-36-41(38-13-4-3-5-14-38)25-30-46(54)47-31-29-43(37-55(47)61)62(42-27-23-39(24-28-42)40-26-34-59-53(35-40)50-18-9-10-21-57(50)63-59)56-33-32-45(44-15-6-7-16-48(44)56)51-19-12-20-52-49-17-8-11-22-58(49)64-60(51)52/h3-37H,1-2H3. The van der Waals surface area contributed by atoms with Crippen LogP contribution >= 0.6 is 0 Å². The molecular weight excluding hydrogens is 779 g/mol. The van der Waals surface area contributed by atoms with Gasteiger partial charge in [0.1, 0.15) is 22.3 Å². The molecule has 0 saturated carbocycles. The fourth-order valence-corrected chi connectivity index (χ4v) is 10.5. The summed E-state index contributed by atoms with van der Waals surface area (Å²) >= 11 is 0. The van der Waals surface area contributed by atoms with Crippen LogP contribution in [0.3, 0.4) is 0 Å². The monoisotopic (exact) mass is 819 g/mol. The van der Waals surface area contributed by atoms with Gasteiger partial charge in [0.2, 0.25) is 0 Å². The normalized spacial score (nSPS) is 13.0. The maximum atomic E-state index is 6.60. The second-order valence-electron chi connectivity index (χ2n) is 17.6. The van der Waals surface area contributed by atoms with E-state index >= 15 is 0 Å². The number of anilines is 3. The van der Waals surface area contributed by atoms with Gasteiger partial charge in [0.25, 0.3) is 0 Å². The number of para-hydroxylation sites is 3. The van der Waals surface area contributed by atoms with Crippen molar-refractivity contribution >= 4 is 71.7 Å². The predicted molar refractivity (Wildman–Crippen MR) is 267 cm³/mol. The van der Waals surface area contributed by atoms with Gasteiger partial charge >= 0.3 is 0 Å². The molecular formula is C61H41NO2. The van der Waals surface area contributed by atoms with Crippen LogP contribution in [0.15, 0.2) is 221 Å². The Morgan fingerprint density at radius 3 is 1.67 bits per heavy atom. The lowest BCUT2D eigenvalue weighted by molar-refractivity contribution is 0.660. The van der Waals surface area contributed by atoms with E-state index in [9.17, 15) is 0 Å². The van der Waals surface area contributed by atoms with Crippen LogP contribution in [0.1, 0.15) is 25.0 Å². The van der Waals surface area contributed by atoms with E-state index < -0.39 is 0 Å². The minimum Gasteiger partial charge on any atom is -0.456 e. The lowest BCUT2D eigenvalue weighted by Crippen LogP contribution is -2.17. The Balaban J connectivity index is 0.976. The van der Waals surface area contributed by atoms with Gasteiger partial charge < -0.3 is 13.7 Å². The van der Waals surface area contributed by atoms with Crippen LogP contribution in [-0.2, 0) is 5.41 Å². The molecule has 0 unspecified atom stereocenters. The molecule has 1 aliphatic carbocycles. The summed E-state index contributed by atoms with van der Waals surface area (Å²) in [6.07, 6.45) is 0. The van der Waals surface area contributed by atoms with Crippen LogP contribution in [0.2, 0.25) is 0 Å². The second-order valence-corrected chi connectivity index (χ2v) is 17.6. The molecule has 13 rings (SSSR count). The fraction of sp³-hybridized carbons (Fsp3) is 0.0492. The van der Waals surface area contributed by atoms with Crippen molar-refractivity contribution in [3.8, 4) is 44.5 Å². The molecule has 2 aromatic heterocycles. The molecule has 0 amide bonds. The molecule has 0 N–H and O–H groups in total. The Bertz CT molecular complexity index is 3810. The zero-order valence-corrected chi connectivity index (χ0v) is 35.5. The highest BCUT2D eigenvalue weighted by Gasteiger charge is 2.36. The highest BCUT2D eigenvalue weighted by atomic mass is 16.3. The maximum absolute atomic E-state index is 6.60. The van der Waals surface area contributed by atoms with E-state index in [1.165, 1.54) is 33.4 Å². The van der Waals surface area contributed by atoms with Crippen molar-refractivity contribution in [2.75, 3.05) is 4.90 Å². The number of nitrogens with zero attached hydrogens (tertiary/aromatic N) is 1. The van der Waals surface area contributed by atoms with E-state index in [-0.39, 0.29) is 5.41 Å². The van der Waals surface area contributed by atoms with E-state index in [1.54, 1.807) is 0 Å². The third kappa shape index (κ3) is 5.54. The van der Waals surface area contributed by atoms with Gasteiger partial charge in [-0.25, -0.2) is 0 Å². The van der Waals surface area contributed by atoms with Crippen LogP contribution in [0.4, 0.5) is 17.1 Å². The highest BCUT2D eigenvalue weighted by Crippen LogP contribution is 2.52. The number of furan rings is 2. The average Bonchev–Trinajstić information content (AvgIpc) is 3.99. The molecule has 0 saturated heterocycles. The zero-order chi connectivity index (χ0) is 42.5. The number of hydrogen-bond acceptors (Lipinski definition) is 3. The topological polar surface area (TPSA) is 29.5 Å². The summed E-state index contributed by atoms with van der Waals surface area (Å²) < 4.78 is 12.8. The van der Waals surface area contributed by atoms with Crippen molar-refractivity contribution in [3.63, 3.8) is 0 Å². The van der Waals surface area contributed by atoms with Gasteiger partial charge in [-0.05, 0) is 116 Å². The Hall–Kier alpha value is -8.14. The molecule has 10 aromatic carbocycles. The smallest absolute Gasteiger partial charge is 0.143 e. The lowest BCUT2D eigenvalue weighted by Gasteiger charge is -2.29. The molecule has 64 heavy (non-hydrogen) atoms. The molecule has 0 radical (unpaired) electrons. The van der Waals surface area contributed by atoms with Crippen molar-refractivity contribution in [1.29, 1.82) is 0 Å². The van der Waals surface area contributed by atoms with Gasteiger partial charge in [0, 0.05) is 49.3 Å². The molecule has 0 spiro atoms. The third-order valence-corrected chi connectivity index (χ3v) is 13.7. The van der Waals surface area contributed by atoms with Crippen molar-refractivity contribution in [2.24, 2.45) is 0 Å². The summed E-state index contributed by atoms with van der Waals surface area (Å²) in [6.45, 7) is 4.75. The summed E-state index contributed by atoms with van der Waals surface area (Å²) in [5, 5.41) is 6.84. The minimum atomic E-state index is -0.214. The van der Waals surface area contributed by atoms with Crippen molar-refractivity contribution in [3.05, 3.63) is 223 Å². The summed E-state index contributed by atoms with van der Waals surface area (Å²) in [7, 11) is 0. The van der Waals surface area contributed by atoms with Crippen molar-refractivity contribution in [1.82, 2.24) is 0 Å². The molecule has 0 fully saturated rings. The lowest BCUT2D eigenvalue weighted by atomic mass is 9.81. The van der Waals surface area contributed by atoms with E-state index in [2.05, 4.69) is 213 Å². The molecule has 0 aliphatic heterocycles. The van der Waals surface area contributed by atoms with Gasteiger partial charge in [-0.15, -0.1) is 0 Å². The van der Waals surface area contributed by atoms with Crippen molar-refractivity contribution < 1.29 is 8.83 Å². The predicted octanol–water partition coefficient (Wildman–Crippen LogP) is 17.4. The molecule has 12 aromatic rings. The van der Waals surface area contributed by atoms with Crippen LogP contribution in [-0.4, -0.2) is 0 Å². The third-order valence-electron chi connectivity index (χ3n) is 13.7. The van der Waals surface area contributed by atoms with E-state index in [0.29, 0.717) is 0 Å². The molecule has 3 nitrogen and oxygen atoms in total. The Kier molecular flexibility index (Phi) is 7.95. The van der Waals surface area contributed by atoms with Gasteiger partial charge in [-0.3, -0.25) is 0 Å². The molecule has 1 aliphatic rings. The van der Waals surface area contributed by atoms with Gasteiger partial charge in [-0.2, -0.15) is 0 Å². The number of rotatable bonds is 6. The molecule has 302 valence electrons. The van der Waals surface area contributed by atoms with Crippen LogP contribution in [0.25, 0.3) is 99.2 Å². The van der Waals surface area contributed by atoms with Gasteiger partial charge in [0.05, 0.1) is 5.69 Å². The van der Waals surface area contributed by atoms with E-state index in [4.69, 9.17) is 8.83 Å². The first-order valence-corrected chi connectivity index (χ1v) is 22.1. The first-order valence-electron chi connectivity index (χ1n) is 22.1. The molecule has 2 heterocycles. The Labute approximate surface area is 371 Å². The largest absolute Gasteiger partial charge is 0.456 e. The average molecular weight is 820 g/mol. The van der Waals surface area contributed by atoms with E-state index in [0.717, 1.165) is 94.0 Å². The second kappa shape index (κ2) is 13.9. The fourth-order valence-electron chi connectivity index (χ4n) is 10.5. The van der Waals surface area contributed by atoms with Crippen LogP contribution < -0.4 is 4.90 Å². The quantitative estimate of drug-likeness (QED) is 0.167. The number of fused-ring (bicyclic) bond motifs is 10. The first-order chi connectivity index (χ1) is 31.5. The summed E-state index contributed by atoms with van der Waals surface area (Å²) in [4.78, 5) is 2.44. The zero-order valence-electron chi connectivity index (χ0n) is 35.5. The Morgan fingerprint density at radius 2 is 0.875 bits per heavy atom. The molecule has 0 bridgehead atoms. The summed E-state index contributed by atoms with van der Waals surface area (Å²) in [5.41, 5.74) is 19.0. The Morgan fingerprint density at radius 1 is 0.328 bits per heavy atom. The van der Waals surface area contributed by atoms with Crippen molar-refractivity contribution in [2.45, 2.75) is 19.3 Å². The van der Waals surface area contributed by atoms with E-state index in [1.807, 2.05) is 18.2 Å². The number of hydrogen-bond donors (Lipinski definition) is 0. The SMILES string of the molecule is CC1(C)c2cc(-c3ccccc3)ccc2-c2ccc(N(c3ccc(-c4ccc5oc6ccccc6c5c4)cc3)c3ccc(-c4cccc5c4oc4ccccc45)c4ccccc34)cc21. The highest BCUT2D eigenvalue weighted by molar-refractivity contribution is 6.14. The van der Waals surface area contributed by atoms with Crippen LogP contribution in [0, 0.1) is 0 Å². The summed E-state index contributed by atoms with van der Waals surface area (Å²) in [5.74, 6) is 0. The van der Waals surface area contributed by atoms with Gasteiger partial charge in [0.15, 0.2) is 0 Å². The molecule has 0 atom stereocenters. The number of benzene rings is 10. The maximum Gasteiger partial charge on any atom is 0.143 e. The van der Waals surface area contributed by atoms with Gasteiger partial charge in [-0.1, -0.05) is 166 Å². The molecule has 3 heteroatoms. The van der Waals surface area contributed by atoms with Crippen LogP contribution in [0.5, 0.6) is 0 Å². The first kappa shape index (κ1) is 36.5.